The lowest BCUT2D eigenvalue weighted by Gasteiger charge is -2.18. The Labute approximate surface area is 115 Å². The second-order valence-electron chi connectivity index (χ2n) is 5.33. The van der Waals surface area contributed by atoms with Gasteiger partial charge < -0.3 is 15.0 Å². The predicted octanol–water partition coefficient (Wildman–Crippen LogP) is 2.15. The molecular weight excluding hydrogens is 240 g/mol. The molecule has 1 unspecified atom stereocenters. The molecule has 0 spiro atoms. The number of amides is 1. The van der Waals surface area contributed by atoms with Crippen molar-refractivity contribution >= 4 is 5.91 Å². The Morgan fingerprint density at radius 1 is 1.21 bits per heavy atom. The number of rotatable bonds is 6. The van der Waals surface area contributed by atoms with Crippen molar-refractivity contribution in [2.75, 3.05) is 20.6 Å². The van der Waals surface area contributed by atoms with Crippen LogP contribution in [0.4, 0.5) is 0 Å². The molecule has 1 amide bonds. The molecule has 4 heteroatoms. The van der Waals surface area contributed by atoms with E-state index in [0.29, 0.717) is 5.56 Å². The third-order valence-corrected chi connectivity index (χ3v) is 2.50. The highest BCUT2D eigenvalue weighted by atomic mass is 16.5. The maximum Gasteiger partial charge on any atom is 0.251 e. The zero-order valence-corrected chi connectivity index (χ0v) is 12.4. The van der Waals surface area contributed by atoms with Crippen LogP contribution in [0.5, 0.6) is 5.75 Å². The van der Waals surface area contributed by atoms with E-state index < -0.39 is 0 Å². The topological polar surface area (TPSA) is 41.6 Å². The molecular formula is C15H24N2O2. The molecule has 0 aromatic heterocycles. The van der Waals surface area contributed by atoms with Crippen LogP contribution in [0, 0.1) is 0 Å². The van der Waals surface area contributed by atoms with Gasteiger partial charge in [-0.2, -0.15) is 0 Å². The Morgan fingerprint density at radius 2 is 1.79 bits per heavy atom. The third-order valence-electron chi connectivity index (χ3n) is 2.50. The molecule has 106 valence electrons. The van der Waals surface area contributed by atoms with Crippen LogP contribution in [0.15, 0.2) is 24.3 Å². The Kier molecular flexibility index (Phi) is 5.83. The molecule has 0 saturated heterocycles. The van der Waals surface area contributed by atoms with Crippen LogP contribution in [0.2, 0.25) is 0 Å². The quantitative estimate of drug-likeness (QED) is 0.856. The Bertz CT molecular complexity index is 399. The summed E-state index contributed by atoms with van der Waals surface area (Å²) in [6, 6.07) is 7.34. The van der Waals surface area contributed by atoms with E-state index in [1.54, 1.807) is 12.1 Å². The summed E-state index contributed by atoms with van der Waals surface area (Å²) in [6.45, 7) is 6.77. The van der Waals surface area contributed by atoms with Crippen LogP contribution in [-0.2, 0) is 0 Å². The van der Waals surface area contributed by atoms with Gasteiger partial charge in [-0.3, -0.25) is 4.79 Å². The molecule has 0 saturated carbocycles. The van der Waals surface area contributed by atoms with Crippen molar-refractivity contribution < 1.29 is 9.53 Å². The van der Waals surface area contributed by atoms with E-state index in [1.807, 2.05) is 51.9 Å². The molecule has 0 aliphatic carbocycles. The average molecular weight is 264 g/mol. The first-order valence-corrected chi connectivity index (χ1v) is 6.60. The highest BCUT2D eigenvalue weighted by Gasteiger charge is 2.10. The first kappa shape index (κ1) is 15.5. The average Bonchev–Trinajstić information content (AvgIpc) is 2.27. The summed E-state index contributed by atoms with van der Waals surface area (Å²) in [5.41, 5.74) is 0.654. The van der Waals surface area contributed by atoms with Crippen molar-refractivity contribution in [1.82, 2.24) is 10.2 Å². The fraction of sp³-hybridized carbons (Fsp3) is 0.533. The van der Waals surface area contributed by atoms with Gasteiger partial charge in [-0.05, 0) is 59.1 Å². The highest BCUT2D eigenvalue weighted by molar-refractivity contribution is 5.94. The molecule has 1 aromatic rings. The minimum atomic E-state index is -0.0505. The van der Waals surface area contributed by atoms with Crippen LogP contribution >= 0.6 is 0 Å². The molecule has 1 N–H and O–H groups in total. The van der Waals surface area contributed by atoms with E-state index in [2.05, 4.69) is 5.32 Å². The van der Waals surface area contributed by atoms with Crippen molar-refractivity contribution in [1.29, 1.82) is 0 Å². The van der Waals surface area contributed by atoms with Gasteiger partial charge in [-0.1, -0.05) is 0 Å². The number of carbonyl (C=O) groups excluding carboxylic acids is 1. The summed E-state index contributed by atoms with van der Waals surface area (Å²) in [5, 5.41) is 2.97. The predicted molar refractivity (Wildman–Crippen MR) is 77.7 cm³/mol. The van der Waals surface area contributed by atoms with Crippen molar-refractivity contribution in [3.63, 3.8) is 0 Å². The number of benzene rings is 1. The molecule has 0 aliphatic rings. The van der Waals surface area contributed by atoms with Gasteiger partial charge >= 0.3 is 0 Å². The standard InChI is InChI=1S/C15H24N2O2/c1-11(2)19-14-8-6-13(7-9-14)15(18)16-12(3)10-17(4)5/h6-9,11-12H,10H2,1-5H3,(H,16,18). The third kappa shape index (κ3) is 5.75. The van der Waals surface area contributed by atoms with Gasteiger partial charge in [-0.25, -0.2) is 0 Å². The number of nitrogens with zero attached hydrogens (tertiary/aromatic N) is 1. The van der Waals surface area contributed by atoms with E-state index in [-0.39, 0.29) is 18.1 Å². The van der Waals surface area contributed by atoms with Gasteiger partial charge in [0.2, 0.25) is 0 Å². The summed E-state index contributed by atoms with van der Waals surface area (Å²) < 4.78 is 5.54. The SMILES string of the molecule is CC(CN(C)C)NC(=O)c1ccc(OC(C)C)cc1. The van der Waals surface area contributed by atoms with E-state index in [1.165, 1.54) is 0 Å². The summed E-state index contributed by atoms with van der Waals surface area (Å²) in [4.78, 5) is 14.0. The van der Waals surface area contributed by atoms with Crippen LogP contribution in [0.25, 0.3) is 0 Å². The van der Waals surface area contributed by atoms with Crippen LogP contribution in [-0.4, -0.2) is 43.6 Å². The summed E-state index contributed by atoms with van der Waals surface area (Å²) in [6.07, 6.45) is 0.139. The summed E-state index contributed by atoms with van der Waals surface area (Å²) in [5.74, 6) is 0.735. The van der Waals surface area contributed by atoms with Crippen LogP contribution in [0.3, 0.4) is 0 Å². The maximum absolute atomic E-state index is 12.0. The van der Waals surface area contributed by atoms with Gasteiger partial charge in [0.15, 0.2) is 0 Å². The number of hydrogen-bond donors (Lipinski definition) is 1. The number of ether oxygens (including phenoxy) is 1. The number of likely N-dealkylation sites (N-methyl/N-ethyl adjacent to an activating group) is 1. The number of carbonyl (C=O) groups is 1. The summed E-state index contributed by atoms with van der Waals surface area (Å²) >= 11 is 0. The van der Waals surface area contributed by atoms with Crippen LogP contribution < -0.4 is 10.1 Å². The largest absolute Gasteiger partial charge is 0.491 e. The second kappa shape index (κ2) is 7.14. The molecule has 4 nitrogen and oxygen atoms in total. The zero-order chi connectivity index (χ0) is 14.4. The number of nitrogens with one attached hydrogen (secondary N) is 1. The smallest absolute Gasteiger partial charge is 0.251 e. The lowest BCUT2D eigenvalue weighted by molar-refractivity contribution is 0.0934. The fourth-order valence-electron chi connectivity index (χ4n) is 1.86. The first-order valence-electron chi connectivity index (χ1n) is 6.60. The zero-order valence-electron chi connectivity index (χ0n) is 12.4. The molecule has 1 aromatic carbocycles. The maximum atomic E-state index is 12.0. The minimum Gasteiger partial charge on any atom is -0.491 e. The summed E-state index contributed by atoms with van der Waals surface area (Å²) in [7, 11) is 3.97. The lowest BCUT2D eigenvalue weighted by Crippen LogP contribution is -2.39. The molecule has 0 bridgehead atoms. The number of hydrogen-bond acceptors (Lipinski definition) is 3. The van der Waals surface area contributed by atoms with E-state index in [0.717, 1.165) is 12.3 Å². The lowest BCUT2D eigenvalue weighted by atomic mass is 10.2. The van der Waals surface area contributed by atoms with E-state index >= 15 is 0 Å². The molecule has 1 atom stereocenters. The Morgan fingerprint density at radius 3 is 2.26 bits per heavy atom. The monoisotopic (exact) mass is 264 g/mol. The molecule has 0 fully saturated rings. The fourth-order valence-corrected chi connectivity index (χ4v) is 1.86. The Balaban J connectivity index is 2.57. The molecule has 0 radical (unpaired) electrons. The van der Waals surface area contributed by atoms with Gasteiger partial charge in [0.05, 0.1) is 6.10 Å². The van der Waals surface area contributed by atoms with Gasteiger partial charge in [0.1, 0.15) is 5.75 Å². The minimum absolute atomic E-state index is 0.0505. The van der Waals surface area contributed by atoms with Gasteiger partial charge in [-0.15, -0.1) is 0 Å². The van der Waals surface area contributed by atoms with Crippen LogP contribution in [0.1, 0.15) is 31.1 Å². The molecule has 1 rings (SSSR count). The molecule has 0 heterocycles. The van der Waals surface area contributed by atoms with Crippen molar-refractivity contribution in [2.24, 2.45) is 0 Å². The van der Waals surface area contributed by atoms with Crippen molar-refractivity contribution in [3.8, 4) is 5.75 Å². The van der Waals surface area contributed by atoms with Crippen molar-refractivity contribution in [2.45, 2.75) is 32.9 Å². The van der Waals surface area contributed by atoms with Crippen molar-refractivity contribution in [3.05, 3.63) is 29.8 Å². The highest BCUT2D eigenvalue weighted by Crippen LogP contribution is 2.13. The normalized spacial score (nSPS) is 12.6. The van der Waals surface area contributed by atoms with E-state index in [9.17, 15) is 4.79 Å². The molecule has 19 heavy (non-hydrogen) atoms. The second-order valence-corrected chi connectivity index (χ2v) is 5.33. The van der Waals surface area contributed by atoms with Gasteiger partial charge in [0.25, 0.3) is 5.91 Å². The van der Waals surface area contributed by atoms with E-state index in [4.69, 9.17) is 4.74 Å². The van der Waals surface area contributed by atoms with Gasteiger partial charge in [0, 0.05) is 18.2 Å². The Hall–Kier alpha value is -1.55. The first-order chi connectivity index (χ1) is 8.88. The molecule has 0 aliphatic heterocycles.